The van der Waals surface area contributed by atoms with Gasteiger partial charge in [0.05, 0.1) is 28.0 Å². The van der Waals surface area contributed by atoms with Crippen LogP contribution in [0, 0.1) is 0 Å². The Hall–Kier alpha value is -4.04. The molecule has 4 aromatic rings. The molecule has 5 rings (SSSR count). The Morgan fingerprint density at radius 2 is 1.68 bits per heavy atom. The van der Waals surface area contributed by atoms with Gasteiger partial charge in [-0.15, -0.1) is 0 Å². The molecule has 0 saturated heterocycles. The van der Waals surface area contributed by atoms with Gasteiger partial charge in [0.2, 0.25) is 5.91 Å². The van der Waals surface area contributed by atoms with Crippen LogP contribution in [0.4, 0.5) is 5.13 Å². The zero-order valence-electron chi connectivity index (χ0n) is 18.4. The number of rotatable bonds is 7. The van der Waals surface area contributed by atoms with Gasteiger partial charge in [-0.3, -0.25) is 19.3 Å². The van der Waals surface area contributed by atoms with Gasteiger partial charge in [0.15, 0.2) is 5.13 Å². The quantitative estimate of drug-likeness (QED) is 0.400. The van der Waals surface area contributed by atoms with Crippen molar-refractivity contribution in [3.63, 3.8) is 0 Å². The van der Waals surface area contributed by atoms with E-state index in [1.54, 1.807) is 24.3 Å². The molecule has 1 aliphatic rings. The van der Waals surface area contributed by atoms with Crippen molar-refractivity contribution in [1.29, 1.82) is 0 Å². The molecule has 0 spiro atoms. The van der Waals surface area contributed by atoms with Crippen LogP contribution in [0.3, 0.4) is 0 Å². The predicted octanol–water partition coefficient (Wildman–Crippen LogP) is 4.54. The first-order valence-electron chi connectivity index (χ1n) is 10.9. The second-order valence-electron chi connectivity index (χ2n) is 7.80. The van der Waals surface area contributed by atoms with Crippen molar-refractivity contribution >= 4 is 44.4 Å². The lowest BCUT2D eigenvalue weighted by molar-refractivity contribution is -0.119. The van der Waals surface area contributed by atoms with Crippen molar-refractivity contribution < 1.29 is 19.1 Å². The highest BCUT2D eigenvalue weighted by Gasteiger charge is 2.42. The van der Waals surface area contributed by atoms with Crippen LogP contribution in [0.15, 0.2) is 72.8 Å². The molecule has 2 heterocycles. The van der Waals surface area contributed by atoms with E-state index in [0.717, 1.165) is 26.4 Å². The number of fused-ring (bicyclic) bond motifs is 2. The second kappa shape index (κ2) is 9.07. The normalized spacial score (nSPS) is 13.7. The maximum atomic E-state index is 13.5. The van der Waals surface area contributed by atoms with E-state index in [1.807, 2.05) is 55.5 Å². The molecule has 1 atom stereocenters. The molecule has 7 nitrogen and oxygen atoms in total. The molecule has 0 radical (unpaired) electrons. The second-order valence-corrected chi connectivity index (χ2v) is 8.83. The number of amides is 3. The summed E-state index contributed by atoms with van der Waals surface area (Å²) in [5.41, 5.74) is 2.18. The molecule has 3 amide bonds. The van der Waals surface area contributed by atoms with E-state index in [-0.39, 0.29) is 6.42 Å². The lowest BCUT2D eigenvalue weighted by Gasteiger charge is -2.25. The summed E-state index contributed by atoms with van der Waals surface area (Å²) < 4.78 is 6.40. The third kappa shape index (κ3) is 4.04. The van der Waals surface area contributed by atoms with Crippen molar-refractivity contribution in [3.05, 3.63) is 89.5 Å². The number of imide groups is 1. The maximum absolute atomic E-state index is 13.5. The summed E-state index contributed by atoms with van der Waals surface area (Å²) >= 11 is 1.31. The number of carbonyl (C=O) groups excluding carboxylic acids is 3. The first-order valence-corrected chi connectivity index (χ1v) is 11.7. The Bertz CT molecular complexity index is 1360. The van der Waals surface area contributed by atoms with Crippen molar-refractivity contribution in [2.45, 2.75) is 19.4 Å². The Balaban J connectivity index is 1.46. The summed E-state index contributed by atoms with van der Waals surface area (Å²) in [6, 6.07) is 20.5. The van der Waals surface area contributed by atoms with E-state index in [9.17, 15) is 14.4 Å². The molecule has 0 saturated carbocycles. The molecule has 8 heteroatoms. The first kappa shape index (κ1) is 21.8. The highest BCUT2D eigenvalue weighted by atomic mass is 32.1. The zero-order chi connectivity index (χ0) is 23.7. The van der Waals surface area contributed by atoms with Crippen LogP contribution in [-0.2, 0) is 11.2 Å². The summed E-state index contributed by atoms with van der Waals surface area (Å²) in [5, 5.41) is 3.22. The number of hydrogen-bond acceptors (Lipinski definition) is 6. The Kier molecular flexibility index (Phi) is 5.81. The summed E-state index contributed by atoms with van der Waals surface area (Å²) in [6.07, 6.45) is 0.192. The van der Waals surface area contributed by atoms with E-state index < -0.39 is 23.8 Å². The minimum Gasteiger partial charge on any atom is -0.494 e. The average molecular weight is 472 g/mol. The molecule has 1 aliphatic heterocycles. The van der Waals surface area contributed by atoms with Gasteiger partial charge in [0.1, 0.15) is 11.8 Å². The minimum atomic E-state index is -1.03. The number of carbonyl (C=O) groups is 3. The molecule has 34 heavy (non-hydrogen) atoms. The molecule has 3 aromatic carbocycles. The van der Waals surface area contributed by atoms with E-state index in [2.05, 4.69) is 10.3 Å². The fourth-order valence-corrected chi connectivity index (χ4v) is 4.93. The number of ether oxygens (including phenoxy) is 1. The van der Waals surface area contributed by atoms with Crippen molar-refractivity contribution in [2.24, 2.45) is 0 Å². The van der Waals surface area contributed by atoms with E-state index in [4.69, 9.17) is 4.74 Å². The van der Waals surface area contributed by atoms with Gasteiger partial charge in [-0.05, 0) is 42.8 Å². The maximum Gasteiger partial charge on any atom is 0.262 e. The fraction of sp³-hybridized carbons (Fsp3) is 0.154. The van der Waals surface area contributed by atoms with Gasteiger partial charge >= 0.3 is 0 Å². The van der Waals surface area contributed by atoms with E-state index >= 15 is 0 Å². The lowest BCUT2D eigenvalue weighted by Crippen LogP contribution is -2.48. The highest BCUT2D eigenvalue weighted by Crippen LogP contribution is 2.31. The molecule has 0 aliphatic carbocycles. The van der Waals surface area contributed by atoms with Gasteiger partial charge in [-0.2, -0.15) is 0 Å². The van der Waals surface area contributed by atoms with Crippen LogP contribution in [-0.4, -0.2) is 40.3 Å². The van der Waals surface area contributed by atoms with Gasteiger partial charge in [-0.25, -0.2) is 4.98 Å². The topological polar surface area (TPSA) is 88.6 Å². The number of benzene rings is 3. The Labute approximate surface area is 200 Å². The highest BCUT2D eigenvalue weighted by molar-refractivity contribution is 7.22. The number of anilines is 1. The van der Waals surface area contributed by atoms with E-state index in [0.29, 0.717) is 22.9 Å². The Morgan fingerprint density at radius 3 is 2.35 bits per heavy atom. The minimum absolute atomic E-state index is 0.192. The van der Waals surface area contributed by atoms with Crippen LogP contribution in [0.1, 0.15) is 33.2 Å². The van der Waals surface area contributed by atoms with Crippen LogP contribution >= 0.6 is 11.3 Å². The monoisotopic (exact) mass is 471 g/mol. The molecular weight excluding hydrogens is 450 g/mol. The molecule has 1 aromatic heterocycles. The average Bonchev–Trinajstić information content (AvgIpc) is 3.36. The summed E-state index contributed by atoms with van der Waals surface area (Å²) in [4.78, 5) is 45.3. The number of aromatic nitrogens is 1. The van der Waals surface area contributed by atoms with Crippen LogP contribution < -0.4 is 10.1 Å². The first-order chi connectivity index (χ1) is 16.5. The third-order valence-corrected chi connectivity index (χ3v) is 6.55. The standard InChI is InChI=1S/C26H21N3O4S/c1-2-33-17-12-13-20-22(15-17)34-26(27-20)28-23(30)21(14-16-8-4-3-5-9-16)29-24(31)18-10-6-7-11-19(18)25(29)32/h3-13,15,21H,2,14H2,1H3,(H,27,28,30). The van der Waals surface area contributed by atoms with Crippen molar-refractivity contribution in [1.82, 2.24) is 9.88 Å². The number of nitrogens with zero attached hydrogens (tertiary/aromatic N) is 2. The van der Waals surface area contributed by atoms with Crippen LogP contribution in [0.25, 0.3) is 10.2 Å². The smallest absolute Gasteiger partial charge is 0.262 e. The van der Waals surface area contributed by atoms with Crippen molar-refractivity contribution in [2.75, 3.05) is 11.9 Å². The van der Waals surface area contributed by atoms with Gasteiger partial charge < -0.3 is 10.1 Å². The zero-order valence-corrected chi connectivity index (χ0v) is 19.2. The number of nitrogens with one attached hydrogen (secondary N) is 1. The van der Waals surface area contributed by atoms with Gasteiger partial charge in [0.25, 0.3) is 11.8 Å². The molecule has 1 unspecified atom stereocenters. The number of hydrogen-bond donors (Lipinski definition) is 1. The SMILES string of the molecule is CCOc1ccc2nc(NC(=O)C(Cc3ccccc3)N3C(=O)c4ccccc4C3=O)sc2c1. The van der Waals surface area contributed by atoms with Crippen molar-refractivity contribution in [3.8, 4) is 5.75 Å². The molecule has 170 valence electrons. The fourth-order valence-electron chi connectivity index (χ4n) is 4.03. The third-order valence-electron chi connectivity index (χ3n) is 5.61. The van der Waals surface area contributed by atoms with E-state index in [1.165, 1.54) is 11.3 Å². The van der Waals surface area contributed by atoms with Gasteiger partial charge in [-0.1, -0.05) is 53.8 Å². The molecule has 0 fully saturated rings. The lowest BCUT2D eigenvalue weighted by atomic mass is 10.0. The largest absolute Gasteiger partial charge is 0.494 e. The van der Waals surface area contributed by atoms with Crippen LogP contribution in [0.5, 0.6) is 5.75 Å². The summed E-state index contributed by atoms with van der Waals surface area (Å²) in [6.45, 7) is 2.46. The summed E-state index contributed by atoms with van der Waals surface area (Å²) in [7, 11) is 0. The van der Waals surface area contributed by atoms with Crippen LogP contribution in [0.2, 0.25) is 0 Å². The number of thiazole rings is 1. The summed E-state index contributed by atoms with van der Waals surface area (Å²) in [5.74, 6) is -0.684. The van der Waals surface area contributed by atoms with Gasteiger partial charge in [0, 0.05) is 6.42 Å². The molecule has 0 bridgehead atoms. The molecular formula is C26H21N3O4S. The Morgan fingerprint density at radius 1 is 1.00 bits per heavy atom. The predicted molar refractivity (Wildman–Crippen MR) is 130 cm³/mol. The molecule has 1 N–H and O–H groups in total.